The Bertz CT molecular complexity index is 1210. The van der Waals surface area contributed by atoms with E-state index < -0.39 is 10.1 Å². The van der Waals surface area contributed by atoms with Crippen LogP contribution in [0.5, 0.6) is 0 Å². The van der Waals surface area contributed by atoms with Crippen LogP contribution in [0.4, 0.5) is 0 Å². The van der Waals surface area contributed by atoms with Gasteiger partial charge in [-0.2, -0.15) is 0 Å². The number of hydrogen-bond acceptors (Lipinski definition) is 3. The molecule has 0 aliphatic rings. The van der Waals surface area contributed by atoms with Gasteiger partial charge in [-0.15, -0.1) is 0 Å². The van der Waals surface area contributed by atoms with Gasteiger partial charge in [-0.05, 0) is 56.8 Å². The lowest BCUT2D eigenvalue weighted by atomic mass is 10.0. The summed E-state index contributed by atoms with van der Waals surface area (Å²) in [6.45, 7) is 7.18. The Hall–Kier alpha value is -0.910. The maximum atomic E-state index is 12.1. The fourth-order valence-corrected chi connectivity index (χ4v) is 12.5. The number of rotatable bonds is 69. The van der Waals surface area contributed by atoms with Crippen LogP contribution in [0, 0.1) is 0 Å². The molecular formula is C74H145NO3S. The monoisotopic (exact) mass is 1130 g/mol. The first kappa shape index (κ1) is 78.1. The average molecular weight is 1130 g/mol. The Kier molecular flexibility index (Phi) is 65.5. The van der Waals surface area contributed by atoms with Gasteiger partial charge in [0, 0.05) is 0 Å². The maximum Gasteiger partial charge on any atom is 0.104 e. The van der Waals surface area contributed by atoms with Crippen molar-refractivity contribution in [1.29, 1.82) is 0 Å². The summed E-state index contributed by atoms with van der Waals surface area (Å²) in [6.07, 6.45) is 99.9. The van der Waals surface area contributed by atoms with Crippen molar-refractivity contribution in [2.45, 2.75) is 425 Å². The van der Waals surface area contributed by atoms with E-state index in [2.05, 4.69) is 57.6 Å². The maximum absolute atomic E-state index is 12.1. The van der Waals surface area contributed by atoms with Crippen LogP contribution in [-0.4, -0.2) is 29.8 Å². The van der Waals surface area contributed by atoms with Crippen molar-refractivity contribution < 1.29 is 17.5 Å². The SMILES string of the molecule is CCCCCCCCCCCCCCCCCCCCCC/C=C/[N+](/C=C/CCCCCCCCCCCCCCCCCCCCCC)(/C=C/CCCCCCCCCCCCCCCCCCCCCC)CCS(=O)(=O)[O-]. The molecule has 0 aliphatic heterocycles. The van der Waals surface area contributed by atoms with Gasteiger partial charge >= 0.3 is 0 Å². The summed E-state index contributed by atoms with van der Waals surface area (Å²) < 4.78 is 36.5. The third-order valence-electron chi connectivity index (χ3n) is 17.6. The topological polar surface area (TPSA) is 57.2 Å². The summed E-state index contributed by atoms with van der Waals surface area (Å²) in [6, 6.07) is 0. The fourth-order valence-electron chi connectivity index (χ4n) is 12.0. The Balaban J connectivity index is 4.69. The molecule has 0 fully saturated rings. The summed E-state index contributed by atoms with van der Waals surface area (Å²) in [5.74, 6) is -0.343. The highest BCUT2D eigenvalue weighted by molar-refractivity contribution is 7.85. The van der Waals surface area contributed by atoms with Crippen molar-refractivity contribution in [3.8, 4) is 0 Å². The summed E-state index contributed by atoms with van der Waals surface area (Å²) in [7, 11) is -4.32. The molecule has 0 spiro atoms. The molecule has 4 nitrogen and oxygen atoms in total. The van der Waals surface area contributed by atoms with Crippen molar-refractivity contribution in [2.24, 2.45) is 0 Å². The average Bonchev–Trinajstić information content (AvgIpc) is 3.44. The second kappa shape index (κ2) is 66.2. The van der Waals surface area contributed by atoms with Gasteiger partial charge < -0.3 is 4.55 Å². The highest BCUT2D eigenvalue weighted by Crippen LogP contribution is 2.21. The van der Waals surface area contributed by atoms with E-state index >= 15 is 0 Å². The van der Waals surface area contributed by atoms with Gasteiger partial charge in [0.05, 0.1) is 5.75 Å². The molecule has 0 radical (unpaired) electrons. The van der Waals surface area contributed by atoms with Gasteiger partial charge in [0.1, 0.15) is 35.3 Å². The van der Waals surface area contributed by atoms with E-state index in [0.29, 0.717) is 4.48 Å². The zero-order valence-electron chi connectivity index (χ0n) is 54.5. The predicted molar refractivity (Wildman–Crippen MR) is 355 cm³/mol. The Morgan fingerprint density at radius 1 is 0.241 bits per heavy atom. The van der Waals surface area contributed by atoms with Crippen molar-refractivity contribution in [3.05, 3.63) is 36.8 Å². The third kappa shape index (κ3) is 66.1. The van der Waals surface area contributed by atoms with Gasteiger partial charge in [-0.3, -0.25) is 0 Å². The zero-order chi connectivity index (χ0) is 57.2. The molecule has 470 valence electrons. The largest absolute Gasteiger partial charge is 0.748 e. The molecular weight excluding hydrogens is 983 g/mol. The first-order valence-corrected chi connectivity index (χ1v) is 38.3. The minimum atomic E-state index is -4.32. The molecule has 0 unspecified atom stereocenters. The van der Waals surface area contributed by atoms with Crippen LogP contribution in [0.25, 0.3) is 0 Å². The molecule has 0 aromatic rings. The van der Waals surface area contributed by atoms with Crippen LogP contribution in [-0.2, 0) is 10.1 Å². The number of nitrogens with zero attached hydrogens (tertiary/aromatic N) is 1. The van der Waals surface area contributed by atoms with Crippen LogP contribution in [0.1, 0.15) is 425 Å². The minimum Gasteiger partial charge on any atom is -0.748 e. The van der Waals surface area contributed by atoms with E-state index in [4.69, 9.17) is 0 Å². The molecule has 0 amide bonds. The van der Waals surface area contributed by atoms with Gasteiger partial charge in [0.2, 0.25) is 0 Å². The molecule has 0 saturated carbocycles. The third-order valence-corrected chi connectivity index (χ3v) is 18.2. The molecule has 0 N–H and O–H groups in total. The van der Waals surface area contributed by atoms with Crippen LogP contribution in [0.2, 0.25) is 0 Å². The molecule has 0 rings (SSSR count). The molecule has 5 heteroatoms. The van der Waals surface area contributed by atoms with Crippen LogP contribution in [0.3, 0.4) is 0 Å². The van der Waals surface area contributed by atoms with Crippen molar-refractivity contribution in [3.63, 3.8) is 0 Å². The Morgan fingerprint density at radius 3 is 0.519 bits per heavy atom. The van der Waals surface area contributed by atoms with Crippen molar-refractivity contribution >= 4 is 10.1 Å². The molecule has 0 aromatic heterocycles. The van der Waals surface area contributed by atoms with E-state index in [1.165, 1.54) is 385 Å². The molecule has 0 aromatic carbocycles. The highest BCUT2D eigenvalue weighted by atomic mass is 32.2. The molecule has 0 aliphatic carbocycles. The van der Waals surface area contributed by atoms with Gasteiger partial charge in [0.15, 0.2) is 0 Å². The lowest BCUT2D eigenvalue weighted by Gasteiger charge is -2.27. The first-order valence-electron chi connectivity index (χ1n) is 36.7. The summed E-state index contributed by atoms with van der Waals surface area (Å²) >= 11 is 0. The van der Waals surface area contributed by atoms with E-state index in [-0.39, 0.29) is 12.3 Å². The van der Waals surface area contributed by atoms with Gasteiger partial charge in [-0.25, -0.2) is 12.9 Å². The fraction of sp³-hybridized carbons (Fsp3) is 0.919. The summed E-state index contributed by atoms with van der Waals surface area (Å²) in [5.41, 5.74) is 0. The Morgan fingerprint density at radius 2 is 0.380 bits per heavy atom. The first-order chi connectivity index (χ1) is 38.9. The smallest absolute Gasteiger partial charge is 0.104 e. The molecule has 0 bridgehead atoms. The summed E-state index contributed by atoms with van der Waals surface area (Å²) in [5, 5.41) is 0. The Labute approximate surface area is 499 Å². The van der Waals surface area contributed by atoms with Crippen LogP contribution in [0.15, 0.2) is 36.8 Å². The quantitative estimate of drug-likeness (QED) is 0.0346. The van der Waals surface area contributed by atoms with Crippen LogP contribution >= 0.6 is 0 Å². The molecule has 79 heavy (non-hydrogen) atoms. The van der Waals surface area contributed by atoms with E-state index in [9.17, 15) is 13.0 Å². The zero-order valence-corrected chi connectivity index (χ0v) is 55.3. The number of hydrogen-bond donors (Lipinski definition) is 0. The second-order valence-electron chi connectivity index (χ2n) is 25.7. The standard InChI is InChI=1S/C74H145NO3S/c1-4-7-10-13-16-19-22-25-28-31-34-37-40-43-46-49-52-55-58-61-64-67-70-75(73-74-79(76,77)78,71-68-65-62-59-56-53-50-47-44-41-38-35-32-29-26-23-20-17-14-11-8-5-2)72-69-66-63-60-57-54-51-48-45-42-39-36-33-30-27-24-21-18-15-12-9-6-3/h67-72H,4-66,73-74H2,1-3H3/b70-67+,71-68+,72-69+. The van der Waals surface area contributed by atoms with E-state index in [1.54, 1.807) is 0 Å². The van der Waals surface area contributed by atoms with Crippen LogP contribution < -0.4 is 0 Å². The highest BCUT2D eigenvalue weighted by Gasteiger charge is 2.20. The predicted octanol–water partition coefficient (Wildman–Crippen LogP) is 26.5. The molecule has 0 heterocycles. The van der Waals surface area contributed by atoms with Crippen molar-refractivity contribution in [1.82, 2.24) is 0 Å². The molecule has 0 saturated heterocycles. The van der Waals surface area contributed by atoms with Gasteiger partial charge in [-0.1, -0.05) is 387 Å². The number of unbranched alkanes of at least 4 members (excludes halogenated alkanes) is 60. The van der Waals surface area contributed by atoms with Gasteiger partial charge in [0.25, 0.3) is 0 Å². The number of quaternary nitrogens is 1. The van der Waals surface area contributed by atoms with E-state index in [1.807, 2.05) is 0 Å². The normalized spacial score (nSPS) is 12.5. The number of allylic oxidation sites excluding steroid dienone is 3. The second-order valence-corrected chi connectivity index (χ2v) is 27.2. The minimum absolute atomic E-state index is 0.271. The summed E-state index contributed by atoms with van der Waals surface area (Å²) in [4.78, 5) is 0. The van der Waals surface area contributed by atoms with E-state index in [0.717, 1.165) is 19.3 Å². The van der Waals surface area contributed by atoms with Crippen molar-refractivity contribution in [2.75, 3.05) is 12.3 Å². The lowest BCUT2D eigenvalue weighted by molar-refractivity contribution is -0.770. The molecule has 0 atom stereocenters. The lowest BCUT2D eigenvalue weighted by Crippen LogP contribution is -2.35.